The number of halogens is 1. The first-order chi connectivity index (χ1) is 16.4. The van der Waals surface area contributed by atoms with Gasteiger partial charge in [0.25, 0.3) is 5.91 Å². The quantitative estimate of drug-likeness (QED) is 0.395. The number of furan rings is 1. The van der Waals surface area contributed by atoms with Gasteiger partial charge in [0, 0.05) is 22.5 Å². The maximum Gasteiger partial charge on any atom is 0.290 e. The lowest BCUT2D eigenvalue weighted by atomic mass is 10.00. The van der Waals surface area contributed by atoms with Crippen LogP contribution >= 0.6 is 22.9 Å². The molecule has 3 heterocycles. The Kier molecular flexibility index (Phi) is 7.63. The lowest BCUT2D eigenvalue weighted by Crippen LogP contribution is -2.49. The fourth-order valence-corrected chi connectivity index (χ4v) is 5.23. The van der Waals surface area contributed by atoms with Crippen LogP contribution in [0, 0.1) is 6.92 Å². The van der Waals surface area contributed by atoms with Gasteiger partial charge in [0.2, 0.25) is 5.91 Å². The number of amides is 2. The maximum absolute atomic E-state index is 13.6. The molecule has 1 aliphatic rings. The first-order valence-corrected chi connectivity index (χ1v) is 12.7. The number of hydrogen-bond donors (Lipinski definition) is 0. The average molecular weight is 501 g/mol. The number of carbonyl (C=O) groups excluding carboxylic acids is 2. The summed E-state index contributed by atoms with van der Waals surface area (Å²) in [6.45, 7) is 6.79. The van der Waals surface area contributed by atoms with Gasteiger partial charge in [-0.1, -0.05) is 18.5 Å². The fourth-order valence-electron chi connectivity index (χ4n) is 4.18. The van der Waals surface area contributed by atoms with E-state index < -0.39 is 0 Å². The predicted molar refractivity (Wildman–Crippen MR) is 134 cm³/mol. The zero-order chi connectivity index (χ0) is 24.2. The molecule has 0 saturated carbocycles. The molecule has 180 valence electrons. The Bertz CT molecular complexity index is 1140. The molecule has 0 saturated heterocycles. The van der Waals surface area contributed by atoms with Crippen LogP contribution in [-0.2, 0) is 11.2 Å². The third-order valence-electron chi connectivity index (χ3n) is 6.37. The minimum atomic E-state index is -0.273. The van der Waals surface area contributed by atoms with Crippen molar-refractivity contribution in [3.05, 3.63) is 74.8 Å². The van der Waals surface area contributed by atoms with Crippen molar-refractivity contribution < 1.29 is 18.7 Å². The second-order valence-corrected chi connectivity index (χ2v) is 9.95. The van der Waals surface area contributed by atoms with E-state index in [-0.39, 0.29) is 36.2 Å². The van der Waals surface area contributed by atoms with Crippen LogP contribution < -0.4 is 4.74 Å². The SMILES string of the molecule is CCC(C)N(CC(=O)N1CCc2sccc2C1COc1ccc(Cl)c(C)c1)C(=O)c1ccco1. The van der Waals surface area contributed by atoms with E-state index in [1.54, 1.807) is 28.4 Å². The number of nitrogens with zero attached hydrogens (tertiary/aromatic N) is 2. The second-order valence-electron chi connectivity index (χ2n) is 8.54. The van der Waals surface area contributed by atoms with Crippen molar-refractivity contribution in [2.45, 2.75) is 45.7 Å². The van der Waals surface area contributed by atoms with Crippen LogP contribution in [-0.4, -0.2) is 47.4 Å². The van der Waals surface area contributed by atoms with Crippen molar-refractivity contribution in [2.24, 2.45) is 0 Å². The molecule has 2 unspecified atom stereocenters. The third-order valence-corrected chi connectivity index (χ3v) is 7.79. The summed E-state index contributed by atoms with van der Waals surface area (Å²) in [6, 6.07) is 10.6. The van der Waals surface area contributed by atoms with E-state index >= 15 is 0 Å². The highest BCUT2D eigenvalue weighted by Crippen LogP contribution is 2.34. The largest absolute Gasteiger partial charge is 0.491 e. The van der Waals surface area contributed by atoms with Crippen molar-refractivity contribution in [2.75, 3.05) is 19.7 Å². The minimum Gasteiger partial charge on any atom is -0.491 e. The van der Waals surface area contributed by atoms with Crippen molar-refractivity contribution >= 4 is 34.8 Å². The summed E-state index contributed by atoms with van der Waals surface area (Å²) in [5.74, 6) is 0.582. The summed E-state index contributed by atoms with van der Waals surface area (Å²) in [4.78, 5) is 31.4. The minimum absolute atomic E-state index is 0.00936. The number of aryl methyl sites for hydroxylation is 1. The number of hydrogen-bond acceptors (Lipinski definition) is 5. The monoisotopic (exact) mass is 500 g/mol. The van der Waals surface area contributed by atoms with Crippen LogP contribution in [0.3, 0.4) is 0 Å². The van der Waals surface area contributed by atoms with Gasteiger partial charge in [-0.05, 0) is 79.6 Å². The Morgan fingerprint density at radius 2 is 2.15 bits per heavy atom. The summed E-state index contributed by atoms with van der Waals surface area (Å²) in [5, 5.41) is 2.75. The van der Waals surface area contributed by atoms with E-state index in [1.165, 1.54) is 11.1 Å². The molecule has 34 heavy (non-hydrogen) atoms. The number of carbonyl (C=O) groups is 2. The molecule has 0 radical (unpaired) electrons. The summed E-state index contributed by atoms with van der Waals surface area (Å²) in [6.07, 6.45) is 3.00. The number of fused-ring (bicyclic) bond motifs is 1. The Morgan fingerprint density at radius 1 is 1.32 bits per heavy atom. The van der Waals surface area contributed by atoms with Crippen molar-refractivity contribution in [3.8, 4) is 5.75 Å². The Balaban J connectivity index is 1.54. The van der Waals surface area contributed by atoms with E-state index in [0.717, 1.165) is 24.0 Å². The summed E-state index contributed by atoms with van der Waals surface area (Å²) < 4.78 is 11.4. The third kappa shape index (κ3) is 5.15. The molecule has 0 bridgehead atoms. The Morgan fingerprint density at radius 3 is 2.85 bits per heavy atom. The van der Waals surface area contributed by atoms with Gasteiger partial charge in [-0.3, -0.25) is 9.59 Å². The molecule has 3 aromatic rings. The van der Waals surface area contributed by atoms with Crippen LogP contribution in [0.4, 0.5) is 0 Å². The number of thiophene rings is 1. The van der Waals surface area contributed by atoms with Crippen LogP contribution in [0.2, 0.25) is 5.02 Å². The Labute approximate surface area is 209 Å². The number of rotatable bonds is 8. The van der Waals surface area contributed by atoms with Gasteiger partial charge in [-0.15, -0.1) is 11.3 Å². The predicted octanol–water partition coefficient (Wildman–Crippen LogP) is 5.75. The van der Waals surface area contributed by atoms with E-state index in [0.29, 0.717) is 23.9 Å². The van der Waals surface area contributed by atoms with Gasteiger partial charge in [0.1, 0.15) is 18.9 Å². The standard InChI is InChI=1S/C26H29ClN2O4S/c1-4-18(3)29(26(31)23-6-5-12-32-23)15-25(30)28-11-9-24-20(10-13-34-24)22(28)16-33-19-7-8-21(27)17(2)14-19/h5-8,10,12-14,18,22H,4,9,11,15-16H2,1-3H3. The summed E-state index contributed by atoms with van der Waals surface area (Å²) in [5.41, 5.74) is 2.05. The highest BCUT2D eigenvalue weighted by atomic mass is 35.5. The smallest absolute Gasteiger partial charge is 0.290 e. The van der Waals surface area contributed by atoms with Crippen molar-refractivity contribution in [1.29, 1.82) is 0 Å². The molecular formula is C26H29ClN2O4S. The molecule has 6 nitrogen and oxygen atoms in total. The second kappa shape index (κ2) is 10.7. The maximum atomic E-state index is 13.6. The lowest BCUT2D eigenvalue weighted by Gasteiger charge is -2.38. The highest BCUT2D eigenvalue weighted by molar-refractivity contribution is 7.10. The zero-order valence-electron chi connectivity index (χ0n) is 19.6. The molecule has 1 aromatic carbocycles. The number of benzene rings is 1. The van der Waals surface area contributed by atoms with Gasteiger partial charge >= 0.3 is 0 Å². The molecule has 2 amide bonds. The number of ether oxygens (including phenoxy) is 1. The van der Waals surface area contributed by atoms with Gasteiger partial charge in [0.15, 0.2) is 5.76 Å². The first-order valence-electron chi connectivity index (χ1n) is 11.5. The molecule has 8 heteroatoms. The van der Waals surface area contributed by atoms with Gasteiger partial charge in [-0.2, -0.15) is 0 Å². The molecule has 0 fully saturated rings. The lowest BCUT2D eigenvalue weighted by molar-refractivity contribution is -0.136. The molecule has 0 spiro atoms. The summed E-state index contributed by atoms with van der Waals surface area (Å²) in [7, 11) is 0. The van der Waals surface area contributed by atoms with Crippen LogP contribution in [0.1, 0.15) is 52.9 Å². The highest BCUT2D eigenvalue weighted by Gasteiger charge is 2.34. The van der Waals surface area contributed by atoms with Crippen molar-refractivity contribution in [1.82, 2.24) is 9.80 Å². The molecular weight excluding hydrogens is 472 g/mol. The molecule has 1 aliphatic heterocycles. The zero-order valence-corrected chi connectivity index (χ0v) is 21.2. The molecule has 4 rings (SSSR count). The Hall–Kier alpha value is -2.77. The van der Waals surface area contributed by atoms with Crippen LogP contribution in [0.25, 0.3) is 0 Å². The van der Waals surface area contributed by atoms with Gasteiger partial charge in [-0.25, -0.2) is 0 Å². The first kappa shape index (κ1) is 24.4. The topological polar surface area (TPSA) is 63.0 Å². The van der Waals surface area contributed by atoms with Gasteiger partial charge in [0.05, 0.1) is 12.3 Å². The summed E-state index contributed by atoms with van der Waals surface area (Å²) >= 11 is 7.86. The van der Waals surface area contributed by atoms with Crippen molar-refractivity contribution in [3.63, 3.8) is 0 Å². The van der Waals surface area contributed by atoms with Gasteiger partial charge < -0.3 is 19.0 Å². The van der Waals surface area contributed by atoms with E-state index in [2.05, 4.69) is 11.4 Å². The molecule has 2 atom stereocenters. The fraction of sp³-hybridized carbons (Fsp3) is 0.385. The van der Waals surface area contributed by atoms with E-state index in [1.807, 2.05) is 43.9 Å². The van der Waals surface area contributed by atoms with Crippen LogP contribution in [0.5, 0.6) is 5.75 Å². The normalized spacial score (nSPS) is 16.1. The molecule has 0 N–H and O–H groups in total. The van der Waals surface area contributed by atoms with E-state index in [4.69, 9.17) is 20.8 Å². The van der Waals surface area contributed by atoms with E-state index in [9.17, 15) is 9.59 Å². The van der Waals surface area contributed by atoms with Crippen LogP contribution in [0.15, 0.2) is 52.5 Å². The molecule has 0 aliphatic carbocycles. The average Bonchev–Trinajstić information content (AvgIpc) is 3.54. The molecule has 2 aromatic heterocycles.